The summed E-state index contributed by atoms with van der Waals surface area (Å²) in [4.78, 5) is 47.8. The monoisotopic (exact) mass is 594 g/mol. The maximum atomic E-state index is 11.8. The zero-order chi connectivity index (χ0) is 31.7. The van der Waals surface area contributed by atoms with Crippen molar-refractivity contribution in [1.29, 1.82) is 0 Å². The minimum atomic E-state index is -1.11. The van der Waals surface area contributed by atoms with Crippen LogP contribution in [-0.2, 0) is 28.7 Å². The number of nitrogens with zero attached hydrogens (tertiary/aromatic N) is 2. The number of anilines is 2. The van der Waals surface area contributed by atoms with E-state index in [0.29, 0.717) is 34.4 Å². The number of carbonyl (C=O) groups excluding carboxylic acids is 2. The maximum Gasteiger partial charge on any atom is 0.325 e. The lowest BCUT2D eigenvalue weighted by Gasteiger charge is -2.23. The largest absolute Gasteiger partial charge is 0.493 e. The molecular weight excluding hydrogens is 556 g/mol. The van der Waals surface area contributed by atoms with Crippen molar-refractivity contribution >= 4 is 35.3 Å². The van der Waals surface area contributed by atoms with Crippen LogP contribution in [0.15, 0.2) is 36.4 Å². The van der Waals surface area contributed by atoms with Gasteiger partial charge in [0.2, 0.25) is 0 Å². The molecule has 232 valence electrons. The van der Waals surface area contributed by atoms with Crippen LogP contribution in [0.2, 0.25) is 0 Å². The van der Waals surface area contributed by atoms with Crippen molar-refractivity contribution in [2.75, 3.05) is 77.6 Å². The normalized spacial score (nSPS) is 9.86. The smallest absolute Gasteiger partial charge is 0.325 e. The average Bonchev–Trinajstić information content (AvgIpc) is 2.95. The van der Waals surface area contributed by atoms with Gasteiger partial charge in [-0.05, 0) is 38.1 Å². The SMILES string of the molecule is CCOC(=O)CN(CC(=O)OCC)c1ccc(OC)c(OC)c1.COc1ccc(N(CC(=O)O)CC(=O)O)cc1OC. The second-order valence-corrected chi connectivity index (χ2v) is 8.19. The first-order valence-electron chi connectivity index (χ1n) is 12.7. The van der Waals surface area contributed by atoms with Gasteiger partial charge in [0.25, 0.3) is 0 Å². The minimum absolute atomic E-state index is 0.0673. The molecule has 0 aliphatic heterocycles. The van der Waals surface area contributed by atoms with E-state index in [-0.39, 0.29) is 26.3 Å². The van der Waals surface area contributed by atoms with E-state index in [1.54, 1.807) is 49.1 Å². The Hall–Kier alpha value is -4.88. The Balaban J connectivity index is 0.000000428. The topological polar surface area (TPSA) is 171 Å². The standard InChI is InChI=1S/C16H23NO6.C12H15NO6/c1-5-22-15(18)10-17(11-16(19)23-6-2)12-7-8-13(20-3)14(9-12)21-4;1-18-9-4-3-8(5-10(9)19-2)13(6-11(14)15)7-12(16)17/h7-9H,5-6,10-11H2,1-4H3;3-5H,6-7H2,1-2H3,(H,14,15)(H,16,17). The van der Waals surface area contributed by atoms with E-state index in [2.05, 4.69) is 0 Å². The first-order valence-corrected chi connectivity index (χ1v) is 12.7. The molecule has 0 radical (unpaired) electrons. The molecular formula is C28H38N2O12. The van der Waals surface area contributed by atoms with Gasteiger partial charge in [-0.1, -0.05) is 0 Å². The van der Waals surface area contributed by atoms with E-state index in [1.165, 1.54) is 39.4 Å². The van der Waals surface area contributed by atoms with E-state index in [0.717, 1.165) is 0 Å². The molecule has 0 aliphatic carbocycles. The Morgan fingerprint density at radius 3 is 1.19 bits per heavy atom. The predicted octanol–water partition coefficient (Wildman–Crippen LogP) is 2.32. The molecule has 0 saturated heterocycles. The number of aliphatic carboxylic acids is 2. The number of benzene rings is 2. The summed E-state index contributed by atoms with van der Waals surface area (Å²) in [7, 11) is 5.97. The molecule has 0 atom stereocenters. The quantitative estimate of drug-likeness (QED) is 0.271. The van der Waals surface area contributed by atoms with Gasteiger partial charge >= 0.3 is 23.9 Å². The van der Waals surface area contributed by atoms with Crippen LogP contribution in [0.1, 0.15) is 13.8 Å². The Morgan fingerprint density at radius 2 is 0.905 bits per heavy atom. The van der Waals surface area contributed by atoms with Gasteiger partial charge < -0.3 is 48.4 Å². The third-order valence-corrected chi connectivity index (χ3v) is 5.37. The molecule has 2 N–H and O–H groups in total. The Morgan fingerprint density at radius 1 is 0.571 bits per heavy atom. The highest BCUT2D eigenvalue weighted by molar-refractivity contribution is 5.82. The number of carbonyl (C=O) groups is 4. The molecule has 0 heterocycles. The summed E-state index contributed by atoms with van der Waals surface area (Å²) in [6, 6.07) is 9.83. The molecule has 0 saturated carbocycles. The maximum absolute atomic E-state index is 11.8. The fourth-order valence-electron chi connectivity index (χ4n) is 3.57. The minimum Gasteiger partial charge on any atom is -0.493 e. The molecule has 0 aromatic heterocycles. The van der Waals surface area contributed by atoms with Gasteiger partial charge in [-0.2, -0.15) is 0 Å². The first kappa shape index (κ1) is 35.1. The Labute approximate surface area is 244 Å². The molecule has 2 aromatic carbocycles. The van der Waals surface area contributed by atoms with Crippen LogP contribution in [0, 0.1) is 0 Å². The summed E-state index contributed by atoms with van der Waals surface area (Å²) in [5.74, 6) is -1.13. The molecule has 2 aromatic rings. The van der Waals surface area contributed by atoms with Crippen LogP contribution >= 0.6 is 0 Å². The summed E-state index contributed by atoms with van der Waals surface area (Å²) in [6.45, 7) is 3.04. The van der Waals surface area contributed by atoms with E-state index < -0.39 is 37.0 Å². The van der Waals surface area contributed by atoms with E-state index in [9.17, 15) is 19.2 Å². The molecule has 0 unspecified atom stereocenters. The van der Waals surface area contributed by atoms with Crippen LogP contribution in [0.5, 0.6) is 23.0 Å². The van der Waals surface area contributed by atoms with Crippen molar-refractivity contribution < 1.29 is 57.8 Å². The van der Waals surface area contributed by atoms with Gasteiger partial charge in [0, 0.05) is 23.5 Å². The third kappa shape index (κ3) is 11.7. The number of esters is 2. The van der Waals surface area contributed by atoms with Crippen molar-refractivity contribution in [2.24, 2.45) is 0 Å². The van der Waals surface area contributed by atoms with Crippen LogP contribution < -0.4 is 28.7 Å². The number of rotatable bonds is 16. The average molecular weight is 595 g/mol. The van der Waals surface area contributed by atoms with Crippen molar-refractivity contribution in [3.63, 3.8) is 0 Å². The van der Waals surface area contributed by atoms with Gasteiger partial charge in [-0.15, -0.1) is 0 Å². The second kappa shape index (κ2) is 18.5. The van der Waals surface area contributed by atoms with E-state index in [4.69, 9.17) is 38.6 Å². The van der Waals surface area contributed by atoms with Crippen molar-refractivity contribution in [2.45, 2.75) is 13.8 Å². The number of carboxylic acid groups (broad SMARTS) is 2. The number of hydrogen-bond acceptors (Lipinski definition) is 12. The number of carboxylic acids is 2. The number of methoxy groups -OCH3 is 4. The third-order valence-electron chi connectivity index (χ3n) is 5.37. The molecule has 42 heavy (non-hydrogen) atoms. The summed E-state index contributed by atoms with van der Waals surface area (Å²) < 4.78 is 30.5. The van der Waals surface area contributed by atoms with Crippen molar-refractivity contribution in [3.05, 3.63) is 36.4 Å². The van der Waals surface area contributed by atoms with Crippen LogP contribution in [-0.4, -0.2) is 102 Å². The van der Waals surface area contributed by atoms with Gasteiger partial charge in [0.05, 0.1) is 41.7 Å². The van der Waals surface area contributed by atoms with E-state index in [1.807, 2.05) is 0 Å². The van der Waals surface area contributed by atoms with Crippen LogP contribution in [0.4, 0.5) is 11.4 Å². The fraction of sp³-hybridized carbons (Fsp3) is 0.429. The lowest BCUT2D eigenvalue weighted by atomic mass is 10.2. The van der Waals surface area contributed by atoms with Crippen molar-refractivity contribution in [3.8, 4) is 23.0 Å². The van der Waals surface area contributed by atoms with Crippen LogP contribution in [0.25, 0.3) is 0 Å². The molecule has 0 amide bonds. The Bertz CT molecular complexity index is 1150. The molecule has 0 bridgehead atoms. The lowest BCUT2D eigenvalue weighted by molar-refractivity contribution is -0.143. The number of ether oxygens (including phenoxy) is 6. The molecule has 0 aliphatic rings. The zero-order valence-electron chi connectivity index (χ0n) is 24.6. The summed E-state index contributed by atoms with van der Waals surface area (Å²) in [5, 5.41) is 17.6. The summed E-state index contributed by atoms with van der Waals surface area (Å²) >= 11 is 0. The summed E-state index contributed by atoms with van der Waals surface area (Å²) in [5.41, 5.74) is 1.06. The molecule has 14 heteroatoms. The van der Waals surface area contributed by atoms with E-state index >= 15 is 0 Å². The number of hydrogen-bond donors (Lipinski definition) is 2. The highest BCUT2D eigenvalue weighted by Gasteiger charge is 2.19. The molecule has 2 rings (SSSR count). The second-order valence-electron chi connectivity index (χ2n) is 8.19. The summed E-state index contributed by atoms with van der Waals surface area (Å²) in [6.07, 6.45) is 0. The highest BCUT2D eigenvalue weighted by atomic mass is 16.5. The lowest BCUT2D eigenvalue weighted by Crippen LogP contribution is -2.36. The van der Waals surface area contributed by atoms with Gasteiger partial charge in [-0.25, -0.2) is 0 Å². The molecule has 14 nitrogen and oxygen atoms in total. The van der Waals surface area contributed by atoms with Gasteiger partial charge in [0.1, 0.15) is 26.2 Å². The van der Waals surface area contributed by atoms with Crippen LogP contribution in [0.3, 0.4) is 0 Å². The fourth-order valence-corrected chi connectivity index (χ4v) is 3.57. The Kier molecular flexibility index (Phi) is 15.5. The van der Waals surface area contributed by atoms with Gasteiger partial charge in [-0.3, -0.25) is 19.2 Å². The first-order chi connectivity index (χ1) is 20.0. The highest BCUT2D eigenvalue weighted by Crippen LogP contribution is 2.32. The molecule has 0 spiro atoms. The predicted molar refractivity (Wildman–Crippen MR) is 152 cm³/mol. The zero-order valence-corrected chi connectivity index (χ0v) is 24.6. The van der Waals surface area contributed by atoms with Gasteiger partial charge in [0.15, 0.2) is 23.0 Å². The molecule has 0 fully saturated rings. The van der Waals surface area contributed by atoms with Crippen molar-refractivity contribution in [1.82, 2.24) is 0 Å².